The van der Waals surface area contributed by atoms with Gasteiger partial charge in [0.25, 0.3) is 0 Å². The van der Waals surface area contributed by atoms with Gasteiger partial charge in [0.1, 0.15) is 6.10 Å². The van der Waals surface area contributed by atoms with Crippen molar-refractivity contribution in [3.8, 4) is 6.01 Å². The predicted octanol–water partition coefficient (Wildman–Crippen LogP) is 0.661. The smallest absolute Gasteiger partial charge is 0.338 e. The van der Waals surface area contributed by atoms with Gasteiger partial charge in [-0.15, -0.1) is 12.4 Å². The molecular weight excluding hydrogens is 350 g/mol. The number of rotatable bonds is 3. The fraction of sp³-hybridized carbons (Fsp3) is 0.312. The van der Waals surface area contributed by atoms with Gasteiger partial charge in [0, 0.05) is 6.20 Å². The van der Waals surface area contributed by atoms with Gasteiger partial charge in [0.05, 0.1) is 12.2 Å². The number of benzene rings is 1. The molecule has 2 aliphatic heterocycles. The van der Waals surface area contributed by atoms with Gasteiger partial charge >= 0.3 is 12.0 Å². The molecule has 1 aromatic carbocycles. The Morgan fingerprint density at radius 2 is 2.08 bits per heavy atom. The summed E-state index contributed by atoms with van der Waals surface area (Å²) in [7, 11) is 0. The zero-order valence-electron chi connectivity index (χ0n) is 12.9. The number of fused-ring (bicyclic) bond motifs is 3. The molecule has 0 radical (unpaired) electrons. The van der Waals surface area contributed by atoms with Crippen molar-refractivity contribution in [1.82, 2.24) is 9.55 Å². The van der Waals surface area contributed by atoms with Crippen molar-refractivity contribution in [3.63, 3.8) is 0 Å². The highest BCUT2D eigenvalue weighted by atomic mass is 35.5. The minimum Gasteiger partial charge on any atom is -0.452 e. The molecule has 4 rings (SSSR count). The molecule has 2 N–H and O–H groups in total. The number of carbonyl (C=O) groups is 1. The van der Waals surface area contributed by atoms with Crippen LogP contribution in [0.1, 0.15) is 16.6 Å². The summed E-state index contributed by atoms with van der Waals surface area (Å²) in [5, 5.41) is 17.1. The zero-order valence-corrected chi connectivity index (χ0v) is 13.8. The van der Waals surface area contributed by atoms with Crippen molar-refractivity contribution in [2.45, 2.75) is 24.5 Å². The molecule has 1 fully saturated rings. The van der Waals surface area contributed by atoms with E-state index in [1.54, 1.807) is 41.1 Å². The monoisotopic (exact) mass is 365 g/mol. The van der Waals surface area contributed by atoms with Gasteiger partial charge in [0.15, 0.2) is 23.9 Å². The minimum absolute atomic E-state index is 0. The highest BCUT2D eigenvalue weighted by Gasteiger charge is 2.53. The van der Waals surface area contributed by atoms with Crippen molar-refractivity contribution in [3.05, 3.63) is 53.6 Å². The maximum absolute atomic E-state index is 12.3. The van der Waals surface area contributed by atoms with Crippen molar-refractivity contribution in [1.29, 1.82) is 5.41 Å². The van der Waals surface area contributed by atoms with E-state index < -0.39 is 30.5 Å². The number of nitrogens with one attached hydrogen (secondary N) is 1. The van der Waals surface area contributed by atoms with E-state index >= 15 is 0 Å². The average Bonchev–Trinajstić information content (AvgIpc) is 3.11. The Morgan fingerprint density at radius 1 is 1.32 bits per heavy atom. The molecule has 0 saturated carbocycles. The second-order valence-electron chi connectivity index (χ2n) is 5.57. The van der Waals surface area contributed by atoms with Crippen LogP contribution in [0.15, 0.2) is 42.6 Å². The van der Waals surface area contributed by atoms with Crippen LogP contribution in [-0.2, 0) is 9.47 Å². The zero-order chi connectivity index (χ0) is 16.7. The molecule has 0 aliphatic carbocycles. The van der Waals surface area contributed by atoms with Crippen LogP contribution >= 0.6 is 12.4 Å². The number of halogens is 1. The fourth-order valence-corrected chi connectivity index (χ4v) is 2.93. The summed E-state index contributed by atoms with van der Waals surface area (Å²) in [5.41, 5.74) is 0.477. The molecule has 3 heterocycles. The van der Waals surface area contributed by atoms with E-state index in [2.05, 4.69) is 4.98 Å². The Labute approximate surface area is 148 Å². The Morgan fingerprint density at radius 3 is 2.80 bits per heavy atom. The lowest BCUT2D eigenvalue weighted by atomic mass is 10.1. The first-order valence-corrected chi connectivity index (χ1v) is 7.50. The molecule has 8 nitrogen and oxygen atoms in total. The molecular formula is C16H16ClN3O5. The second kappa shape index (κ2) is 6.83. The first-order valence-electron chi connectivity index (χ1n) is 7.50. The van der Waals surface area contributed by atoms with E-state index in [1.807, 2.05) is 0 Å². The van der Waals surface area contributed by atoms with Crippen LogP contribution < -0.4 is 10.2 Å². The Bertz CT molecular complexity index is 828. The summed E-state index contributed by atoms with van der Waals surface area (Å²) < 4.78 is 18.6. The van der Waals surface area contributed by atoms with E-state index in [4.69, 9.17) is 19.6 Å². The van der Waals surface area contributed by atoms with Crippen LogP contribution in [0.25, 0.3) is 0 Å². The third-order valence-corrected chi connectivity index (χ3v) is 4.06. The quantitative estimate of drug-likeness (QED) is 0.774. The highest BCUT2D eigenvalue weighted by molar-refractivity contribution is 5.89. The van der Waals surface area contributed by atoms with Gasteiger partial charge in [0.2, 0.25) is 0 Å². The number of hydrogen-bond acceptors (Lipinski definition) is 7. The molecule has 25 heavy (non-hydrogen) atoms. The number of aliphatic hydroxyl groups is 1. The summed E-state index contributed by atoms with van der Waals surface area (Å²) >= 11 is 0. The second-order valence-corrected chi connectivity index (χ2v) is 5.57. The normalized spacial score (nSPS) is 26.1. The van der Waals surface area contributed by atoms with Gasteiger partial charge in [-0.3, -0.25) is 9.98 Å². The lowest BCUT2D eigenvalue weighted by Crippen LogP contribution is -2.39. The topological polar surface area (TPSA) is 107 Å². The lowest BCUT2D eigenvalue weighted by molar-refractivity contribution is -0.0513. The van der Waals surface area contributed by atoms with Crippen LogP contribution in [0.5, 0.6) is 6.01 Å². The van der Waals surface area contributed by atoms with Crippen LogP contribution in [0.4, 0.5) is 0 Å². The highest BCUT2D eigenvalue weighted by Crippen LogP contribution is 2.40. The molecule has 2 aromatic rings. The number of ether oxygens (including phenoxy) is 3. The summed E-state index contributed by atoms with van der Waals surface area (Å²) in [6.45, 7) is -0.303. The average molecular weight is 366 g/mol. The van der Waals surface area contributed by atoms with Crippen LogP contribution in [0, 0.1) is 5.41 Å². The Hall–Kier alpha value is -2.42. The predicted molar refractivity (Wildman–Crippen MR) is 86.4 cm³/mol. The molecule has 4 atom stereocenters. The largest absolute Gasteiger partial charge is 0.452 e. The van der Waals surface area contributed by atoms with Crippen molar-refractivity contribution in [2.75, 3.05) is 6.61 Å². The van der Waals surface area contributed by atoms with Gasteiger partial charge < -0.3 is 19.3 Å². The molecule has 0 unspecified atom stereocenters. The summed E-state index contributed by atoms with van der Waals surface area (Å²) in [6.07, 6.45) is -1.01. The molecule has 1 saturated heterocycles. The Balaban J connectivity index is 0.00000182. The fourth-order valence-electron chi connectivity index (χ4n) is 2.93. The number of esters is 1. The summed E-state index contributed by atoms with van der Waals surface area (Å²) in [5.74, 6) is -0.512. The van der Waals surface area contributed by atoms with Gasteiger partial charge in [-0.1, -0.05) is 18.2 Å². The van der Waals surface area contributed by atoms with Crippen LogP contribution in [-0.4, -0.2) is 45.5 Å². The third-order valence-electron chi connectivity index (χ3n) is 4.06. The Kier molecular flexibility index (Phi) is 4.76. The molecule has 9 heteroatoms. The molecule has 0 amide bonds. The van der Waals surface area contributed by atoms with E-state index in [-0.39, 0.29) is 30.5 Å². The van der Waals surface area contributed by atoms with E-state index in [0.29, 0.717) is 5.56 Å². The minimum atomic E-state index is -0.774. The van der Waals surface area contributed by atoms with Crippen LogP contribution in [0.2, 0.25) is 0 Å². The van der Waals surface area contributed by atoms with Crippen molar-refractivity contribution < 1.29 is 24.1 Å². The van der Waals surface area contributed by atoms with Crippen molar-refractivity contribution >= 4 is 18.4 Å². The number of nitrogens with zero attached hydrogens (tertiary/aromatic N) is 2. The molecule has 0 bridgehead atoms. The summed E-state index contributed by atoms with van der Waals surface area (Å²) in [4.78, 5) is 16.3. The molecule has 2 aliphatic rings. The standard InChI is InChI=1S/C16H15N3O5.ClH/c17-11-6-7-19-14-13(24-16(19)18-11)12(10(8-20)22-14)23-15(21)9-4-2-1-3-5-9;/h1-7,10,12-14,17,20H,8H2;1H/t10-,12-,13+,14-;/m1./s1. The number of hydrogen-bond donors (Lipinski definition) is 2. The van der Waals surface area contributed by atoms with Crippen molar-refractivity contribution in [2.24, 2.45) is 0 Å². The maximum atomic E-state index is 12.3. The van der Waals surface area contributed by atoms with E-state index in [9.17, 15) is 9.90 Å². The molecule has 1 aromatic heterocycles. The first kappa shape index (κ1) is 17.4. The number of aromatic nitrogens is 2. The lowest BCUT2D eigenvalue weighted by Gasteiger charge is -2.20. The SMILES string of the molecule is Cl.N=c1ccn2c(n1)O[C@H]1[C@H](OC(=O)c3ccccc3)[C@@H](CO)O[C@H]12. The first-order chi connectivity index (χ1) is 11.7. The van der Waals surface area contributed by atoms with E-state index in [0.717, 1.165) is 0 Å². The summed E-state index contributed by atoms with van der Waals surface area (Å²) in [6, 6.07) is 10.3. The number of aliphatic hydroxyl groups excluding tert-OH is 1. The molecule has 132 valence electrons. The third kappa shape index (κ3) is 2.99. The van der Waals surface area contributed by atoms with Crippen LogP contribution in [0.3, 0.4) is 0 Å². The van der Waals surface area contributed by atoms with Gasteiger partial charge in [-0.2, -0.15) is 4.98 Å². The number of carbonyl (C=O) groups excluding carboxylic acids is 1. The van der Waals surface area contributed by atoms with Gasteiger partial charge in [-0.25, -0.2) is 4.79 Å². The molecule has 0 spiro atoms. The van der Waals surface area contributed by atoms with Gasteiger partial charge in [-0.05, 0) is 18.2 Å². The van der Waals surface area contributed by atoms with E-state index in [1.165, 1.54) is 6.07 Å². The maximum Gasteiger partial charge on any atom is 0.338 e.